The molecule has 8 atom stereocenters. The highest BCUT2D eigenvalue weighted by Gasteiger charge is 2.79. The summed E-state index contributed by atoms with van der Waals surface area (Å²) in [5.74, 6) is -2.29. The van der Waals surface area contributed by atoms with Gasteiger partial charge in [-0.1, -0.05) is 18.6 Å². The number of allylic oxidation sites excluding steroid dienone is 4. The second-order valence-corrected chi connectivity index (χ2v) is 11.8. The van der Waals surface area contributed by atoms with Gasteiger partial charge in [-0.2, -0.15) is 0 Å². The molecule has 5 rings (SSSR count). The molecule has 2 N–H and O–H groups in total. The van der Waals surface area contributed by atoms with Gasteiger partial charge in [0.1, 0.15) is 12.4 Å². The van der Waals surface area contributed by atoms with E-state index in [4.69, 9.17) is 9.47 Å². The summed E-state index contributed by atoms with van der Waals surface area (Å²) in [7, 11) is 0. The molecule has 4 unspecified atom stereocenters. The summed E-state index contributed by atoms with van der Waals surface area (Å²) >= 11 is 0. The van der Waals surface area contributed by atoms with Crippen LogP contribution < -0.4 is 0 Å². The third-order valence-electron chi connectivity index (χ3n) is 9.19. The topological polar surface area (TPSA) is 110 Å². The lowest BCUT2D eigenvalue weighted by atomic mass is 9.44. The molecular formula is C27H37FO7. The number of halogens is 1. The minimum Gasteiger partial charge on any atom is -0.390 e. The number of carbonyl (C=O) groups is 3. The first-order valence-electron chi connectivity index (χ1n) is 12.4. The Hall–Kier alpha value is -1.74. The number of rotatable bonds is 2. The van der Waals surface area contributed by atoms with Crippen LogP contribution in [0.4, 0.5) is 4.39 Å². The van der Waals surface area contributed by atoms with Crippen LogP contribution in [0.25, 0.3) is 0 Å². The van der Waals surface area contributed by atoms with Crippen LogP contribution >= 0.6 is 0 Å². The molecule has 0 aromatic carbocycles. The molecule has 8 heteroatoms. The molecule has 0 aromatic heterocycles. The Morgan fingerprint density at radius 3 is 2.40 bits per heavy atom. The van der Waals surface area contributed by atoms with Gasteiger partial charge in [0.05, 0.1) is 12.2 Å². The highest BCUT2D eigenvalue weighted by Crippen LogP contribution is 2.72. The van der Waals surface area contributed by atoms with E-state index in [-0.39, 0.29) is 23.9 Å². The molecule has 1 saturated heterocycles. The monoisotopic (exact) mass is 492 g/mol. The van der Waals surface area contributed by atoms with Crippen molar-refractivity contribution in [2.75, 3.05) is 6.61 Å². The van der Waals surface area contributed by atoms with Crippen LogP contribution in [-0.4, -0.2) is 63.4 Å². The third-order valence-corrected chi connectivity index (χ3v) is 9.19. The van der Waals surface area contributed by atoms with E-state index >= 15 is 4.39 Å². The van der Waals surface area contributed by atoms with Gasteiger partial charge in [0.15, 0.2) is 28.6 Å². The van der Waals surface area contributed by atoms with E-state index in [0.29, 0.717) is 19.3 Å². The van der Waals surface area contributed by atoms with Gasteiger partial charge in [0, 0.05) is 16.7 Å². The van der Waals surface area contributed by atoms with Crippen molar-refractivity contribution in [3.63, 3.8) is 0 Å². The smallest absolute Gasteiger partial charge is 0.193 e. The maximum Gasteiger partial charge on any atom is 0.193 e. The minimum atomic E-state index is -1.98. The third kappa shape index (κ3) is 3.40. The van der Waals surface area contributed by atoms with Crippen LogP contribution in [0.3, 0.4) is 0 Å². The molecule has 0 bridgehead atoms. The van der Waals surface area contributed by atoms with E-state index in [1.165, 1.54) is 26.0 Å². The van der Waals surface area contributed by atoms with Crippen LogP contribution in [0.1, 0.15) is 67.2 Å². The number of ether oxygens (including phenoxy) is 2. The van der Waals surface area contributed by atoms with E-state index in [0.717, 1.165) is 5.57 Å². The molecule has 35 heavy (non-hydrogen) atoms. The van der Waals surface area contributed by atoms with Crippen molar-refractivity contribution in [3.05, 3.63) is 23.8 Å². The number of fused-ring (bicyclic) bond motifs is 7. The first kappa shape index (κ1) is 26.3. The van der Waals surface area contributed by atoms with Gasteiger partial charge in [-0.3, -0.25) is 9.59 Å². The zero-order chi connectivity index (χ0) is 26.2. The van der Waals surface area contributed by atoms with Crippen molar-refractivity contribution >= 4 is 17.3 Å². The number of hydrogen-bond acceptors (Lipinski definition) is 7. The summed E-state index contributed by atoms with van der Waals surface area (Å²) in [6, 6.07) is 0. The second kappa shape index (κ2) is 8.13. The molecule has 1 heterocycles. The molecule has 0 amide bonds. The van der Waals surface area contributed by atoms with E-state index in [9.17, 15) is 24.6 Å². The van der Waals surface area contributed by atoms with Gasteiger partial charge < -0.3 is 24.5 Å². The Labute approximate surface area is 205 Å². The van der Waals surface area contributed by atoms with Crippen molar-refractivity contribution in [1.82, 2.24) is 0 Å². The van der Waals surface area contributed by atoms with Gasteiger partial charge in [-0.15, -0.1) is 0 Å². The molecular weight excluding hydrogens is 455 g/mol. The molecule has 194 valence electrons. The molecule has 0 spiro atoms. The summed E-state index contributed by atoms with van der Waals surface area (Å²) < 4.78 is 29.5. The average molecular weight is 493 g/mol. The number of carbonyl (C=O) groups excluding carboxylic acids is 3. The molecule has 1 aliphatic heterocycles. The zero-order valence-electron chi connectivity index (χ0n) is 21.4. The fourth-order valence-electron chi connectivity index (χ4n) is 7.93. The van der Waals surface area contributed by atoms with Gasteiger partial charge in [0.2, 0.25) is 0 Å². The maximum absolute atomic E-state index is 17.1. The number of ketones is 3. The van der Waals surface area contributed by atoms with Crippen LogP contribution in [0.2, 0.25) is 0 Å². The first-order chi connectivity index (χ1) is 16.1. The zero-order valence-corrected chi connectivity index (χ0v) is 21.4. The SMILES string of the molecule is CC(C)=O.CC1(C)O[C@@H]2C[C@H]3C4CCC5=CC(=O)C=CC5(C)[C@@]4(F)C(O)CC3(C)[C@]2(C(=O)CO)O1. The van der Waals surface area contributed by atoms with Crippen LogP contribution in [-0.2, 0) is 23.9 Å². The largest absolute Gasteiger partial charge is 0.390 e. The Kier molecular flexibility index (Phi) is 6.12. The van der Waals surface area contributed by atoms with E-state index in [2.05, 4.69) is 0 Å². The van der Waals surface area contributed by atoms with Crippen LogP contribution in [0.5, 0.6) is 0 Å². The fraction of sp³-hybridized carbons (Fsp3) is 0.741. The van der Waals surface area contributed by atoms with E-state index < -0.39 is 58.4 Å². The number of aliphatic hydroxyl groups excluding tert-OH is 2. The van der Waals surface area contributed by atoms with Crippen molar-refractivity contribution in [2.45, 2.75) is 96.5 Å². The van der Waals surface area contributed by atoms with Crippen molar-refractivity contribution in [1.29, 1.82) is 0 Å². The Morgan fingerprint density at radius 1 is 1.17 bits per heavy atom. The number of Topliss-reactive ketones (excluding diaryl/α,β-unsaturated/α-hetero) is 2. The highest BCUT2D eigenvalue weighted by molar-refractivity contribution is 6.01. The summed E-state index contributed by atoms with van der Waals surface area (Å²) in [4.78, 5) is 34.5. The summed E-state index contributed by atoms with van der Waals surface area (Å²) in [5.41, 5.74) is -4.66. The minimum absolute atomic E-state index is 0.0109. The Balaban J connectivity index is 0.000000672. The predicted molar refractivity (Wildman–Crippen MR) is 125 cm³/mol. The van der Waals surface area contributed by atoms with E-state index in [1.807, 2.05) is 6.92 Å². The molecule has 5 aliphatic rings. The Morgan fingerprint density at radius 2 is 1.80 bits per heavy atom. The van der Waals surface area contributed by atoms with Gasteiger partial charge in [-0.05, 0) is 78.4 Å². The lowest BCUT2D eigenvalue weighted by Crippen LogP contribution is -2.70. The standard InChI is InChI=1S/C24H31FO6.C3H6O/c1-20(2)30-19-10-16-15-6-5-13-9-14(27)7-8-21(13,3)23(15,25)17(28)11-22(16,4)24(19,31-20)18(29)12-26;1-3(2)4/h7-9,15-17,19,26,28H,5-6,10-12H2,1-4H3;1-2H3/t15?,16-,17?,19+,21?,22?,23-,24+;/m0./s1. The molecule has 0 radical (unpaired) electrons. The normalized spacial score (nSPS) is 46.9. The van der Waals surface area contributed by atoms with Gasteiger partial charge >= 0.3 is 0 Å². The molecule has 4 fully saturated rings. The van der Waals surface area contributed by atoms with Crippen molar-refractivity contribution < 1.29 is 38.5 Å². The Bertz CT molecular complexity index is 1010. The summed E-state index contributed by atoms with van der Waals surface area (Å²) in [6.07, 6.45) is 4.00. The van der Waals surface area contributed by atoms with Crippen LogP contribution in [0, 0.1) is 22.7 Å². The molecule has 3 saturated carbocycles. The second-order valence-electron chi connectivity index (χ2n) is 11.8. The molecule has 4 aliphatic carbocycles. The molecule has 7 nitrogen and oxygen atoms in total. The first-order valence-corrected chi connectivity index (χ1v) is 12.4. The quantitative estimate of drug-likeness (QED) is 0.610. The number of aliphatic hydroxyl groups is 2. The van der Waals surface area contributed by atoms with E-state index in [1.54, 1.807) is 26.8 Å². The summed E-state index contributed by atoms with van der Waals surface area (Å²) in [6.45, 7) is 9.47. The number of hydrogen-bond donors (Lipinski definition) is 2. The van der Waals surface area contributed by atoms with Crippen LogP contribution in [0.15, 0.2) is 23.8 Å². The summed E-state index contributed by atoms with van der Waals surface area (Å²) in [5, 5.41) is 21.2. The predicted octanol–water partition coefficient (Wildman–Crippen LogP) is 3.01. The number of alkyl halides is 1. The fourth-order valence-corrected chi connectivity index (χ4v) is 7.93. The van der Waals surface area contributed by atoms with Gasteiger partial charge in [-0.25, -0.2) is 4.39 Å². The lowest BCUT2D eigenvalue weighted by molar-refractivity contribution is -0.246. The highest BCUT2D eigenvalue weighted by atomic mass is 19.1. The van der Waals surface area contributed by atoms with Gasteiger partial charge in [0.25, 0.3) is 0 Å². The maximum atomic E-state index is 17.1. The average Bonchev–Trinajstić information content (AvgIpc) is 3.15. The lowest BCUT2D eigenvalue weighted by Gasteiger charge is -2.62. The van der Waals surface area contributed by atoms with Crippen molar-refractivity contribution in [2.24, 2.45) is 22.7 Å². The molecule has 0 aromatic rings. The van der Waals surface area contributed by atoms with Crippen molar-refractivity contribution in [3.8, 4) is 0 Å².